The van der Waals surface area contributed by atoms with Gasteiger partial charge in [-0.3, -0.25) is 14.4 Å². The molecule has 1 aliphatic heterocycles. The van der Waals surface area contributed by atoms with Crippen molar-refractivity contribution in [2.75, 3.05) is 19.6 Å². The van der Waals surface area contributed by atoms with Crippen molar-refractivity contribution in [1.29, 1.82) is 0 Å². The molecule has 35 heavy (non-hydrogen) atoms. The highest BCUT2D eigenvalue weighted by Gasteiger charge is 2.34. The predicted molar refractivity (Wildman–Crippen MR) is 126 cm³/mol. The zero-order valence-corrected chi connectivity index (χ0v) is 19.4. The minimum Gasteiger partial charge on any atom is -0.351 e. The first-order valence-electron chi connectivity index (χ1n) is 11.3. The van der Waals surface area contributed by atoms with Gasteiger partial charge in [-0.15, -0.1) is 6.58 Å². The van der Waals surface area contributed by atoms with E-state index < -0.39 is 17.8 Å². The van der Waals surface area contributed by atoms with Gasteiger partial charge in [-0.2, -0.15) is 13.2 Å². The number of hydrogen-bond donors (Lipinski definition) is 2. The first-order chi connectivity index (χ1) is 16.6. The summed E-state index contributed by atoms with van der Waals surface area (Å²) in [5, 5.41) is 5.57. The fourth-order valence-corrected chi connectivity index (χ4v) is 4.11. The second kappa shape index (κ2) is 11.2. The lowest BCUT2D eigenvalue weighted by atomic mass is 9.88. The van der Waals surface area contributed by atoms with E-state index in [4.69, 9.17) is 0 Å². The molecule has 9 heteroatoms. The number of rotatable bonds is 7. The number of benzene rings is 2. The Hall–Kier alpha value is -3.62. The molecule has 1 aliphatic rings. The van der Waals surface area contributed by atoms with Gasteiger partial charge in [0.05, 0.1) is 5.56 Å². The summed E-state index contributed by atoms with van der Waals surface area (Å²) in [5.74, 6) is -1.28. The number of nitrogens with zero attached hydrogens (tertiary/aromatic N) is 1. The van der Waals surface area contributed by atoms with Crippen molar-refractivity contribution in [3.05, 3.63) is 83.4 Å². The quantitative estimate of drug-likeness (QED) is 0.581. The smallest absolute Gasteiger partial charge is 0.351 e. The maximum absolute atomic E-state index is 12.8. The van der Waals surface area contributed by atoms with E-state index in [0.29, 0.717) is 31.5 Å². The highest BCUT2D eigenvalue weighted by atomic mass is 19.4. The zero-order valence-electron chi connectivity index (χ0n) is 19.4. The van der Waals surface area contributed by atoms with Gasteiger partial charge in [0.25, 0.3) is 11.8 Å². The Labute approximate surface area is 202 Å². The van der Waals surface area contributed by atoms with Crippen molar-refractivity contribution in [1.82, 2.24) is 15.5 Å². The van der Waals surface area contributed by atoms with Gasteiger partial charge in [-0.25, -0.2) is 0 Å². The standard InChI is InChI=1S/C26H28F3N3O3/c1-3-13-30-24(34)22(31-23(33)20-6-4-5-17(2)16-20)18-11-14-32(15-12-18)25(35)19-7-9-21(10-8-19)26(27,28)29/h3-10,16,18,22H,1,11-15H2,2H3,(H,30,34)(H,31,33)/t22-/m0/s1. The third-order valence-electron chi connectivity index (χ3n) is 6.03. The fraction of sp³-hybridized carbons (Fsp3) is 0.346. The van der Waals surface area contributed by atoms with E-state index in [-0.39, 0.29) is 35.7 Å². The lowest BCUT2D eigenvalue weighted by molar-refractivity contribution is -0.137. The predicted octanol–water partition coefficient (Wildman–Crippen LogP) is 3.97. The molecular weight excluding hydrogens is 459 g/mol. The molecule has 0 bridgehead atoms. The molecule has 1 heterocycles. The first kappa shape index (κ1) is 26.0. The lowest BCUT2D eigenvalue weighted by Gasteiger charge is -2.36. The monoisotopic (exact) mass is 487 g/mol. The summed E-state index contributed by atoms with van der Waals surface area (Å²) in [6, 6.07) is 10.4. The molecule has 2 aromatic rings. The van der Waals surface area contributed by atoms with Crippen molar-refractivity contribution < 1.29 is 27.6 Å². The number of likely N-dealkylation sites (tertiary alicyclic amines) is 1. The van der Waals surface area contributed by atoms with Crippen molar-refractivity contribution >= 4 is 17.7 Å². The Balaban J connectivity index is 1.67. The highest BCUT2D eigenvalue weighted by Crippen LogP contribution is 2.29. The number of amides is 3. The maximum atomic E-state index is 12.8. The van der Waals surface area contributed by atoms with Crippen molar-refractivity contribution in [2.24, 2.45) is 5.92 Å². The summed E-state index contributed by atoms with van der Waals surface area (Å²) in [6.07, 6.45) is -2.02. The average Bonchev–Trinajstić information content (AvgIpc) is 2.85. The number of carbonyl (C=O) groups excluding carboxylic acids is 3. The van der Waals surface area contributed by atoms with Crippen LogP contribution in [0.15, 0.2) is 61.2 Å². The van der Waals surface area contributed by atoms with E-state index in [0.717, 1.165) is 17.7 Å². The molecule has 0 saturated carbocycles. The van der Waals surface area contributed by atoms with Gasteiger partial charge in [-0.1, -0.05) is 23.8 Å². The van der Waals surface area contributed by atoms with Crippen LogP contribution >= 0.6 is 0 Å². The Morgan fingerprint density at radius 2 is 1.74 bits per heavy atom. The third-order valence-corrected chi connectivity index (χ3v) is 6.03. The van der Waals surface area contributed by atoms with Crippen molar-refractivity contribution in [3.8, 4) is 0 Å². The third kappa shape index (κ3) is 6.71. The van der Waals surface area contributed by atoms with Crippen LogP contribution in [0.3, 0.4) is 0 Å². The molecular formula is C26H28F3N3O3. The van der Waals surface area contributed by atoms with Crippen molar-refractivity contribution in [2.45, 2.75) is 32.0 Å². The van der Waals surface area contributed by atoms with Crippen LogP contribution in [-0.4, -0.2) is 48.3 Å². The average molecular weight is 488 g/mol. The molecule has 2 aromatic carbocycles. The molecule has 3 rings (SSSR count). The molecule has 1 fully saturated rings. The number of alkyl halides is 3. The van der Waals surface area contributed by atoms with Gasteiger partial charge in [0.1, 0.15) is 6.04 Å². The molecule has 6 nitrogen and oxygen atoms in total. The Bertz CT molecular complexity index is 1080. The first-order valence-corrected chi connectivity index (χ1v) is 11.3. The summed E-state index contributed by atoms with van der Waals surface area (Å²) in [4.78, 5) is 40.0. The SMILES string of the molecule is C=CCNC(=O)[C@@H](NC(=O)c1cccc(C)c1)C1CCN(C(=O)c2ccc(C(F)(F)F)cc2)CC1. The number of piperidine rings is 1. The Morgan fingerprint density at radius 3 is 2.31 bits per heavy atom. The Kier molecular flexibility index (Phi) is 8.32. The second-order valence-electron chi connectivity index (χ2n) is 8.56. The number of nitrogens with one attached hydrogen (secondary N) is 2. The molecule has 0 aromatic heterocycles. The van der Waals surface area contributed by atoms with Crippen LogP contribution in [-0.2, 0) is 11.0 Å². The van der Waals surface area contributed by atoms with Gasteiger partial charge in [0.15, 0.2) is 0 Å². The highest BCUT2D eigenvalue weighted by molar-refractivity contribution is 5.98. The number of carbonyl (C=O) groups is 3. The van der Waals surface area contributed by atoms with Gasteiger partial charge in [0, 0.05) is 30.8 Å². The van der Waals surface area contributed by atoms with Crippen LogP contribution in [0.25, 0.3) is 0 Å². The Morgan fingerprint density at radius 1 is 1.09 bits per heavy atom. The minimum absolute atomic E-state index is 0.171. The number of hydrogen-bond acceptors (Lipinski definition) is 3. The summed E-state index contributed by atoms with van der Waals surface area (Å²) in [6.45, 7) is 6.34. The van der Waals surface area contributed by atoms with E-state index in [1.54, 1.807) is 29.2 Å². The van der Waals surface area contributed by atoms with Crippen LogP contribution in [0, 0.1) is 12.8 Å². The van der Waals surface area contributed by atoms with Crippen molar-refractivity contribution in [3.63, 3.8) is 0 Å². The molecule has 0 spiro atoms. The van der Waals surface area contributed by atoms with Crippen LogP contribution in [0.2, 0.25) is 0 Å². The summed E-state index contributed by atoms with van der Waals surface area (Å²) in [5.41, 5.74) is 0.719. The van der Waals surface area contributed by atoms with E-state index in [1.165, 1.54) is 12.1 Å². The maximum Gasteiger partial charge on any atom is 0.416 e. The topological polar surface area (TPSA) is 78.5 Å². The van der Waals surface area contributed by atoms with Crippen LogP contribution in [0.5, 0.6) is 0 Å². The van der Waals surface area contributed by atoms with Gasteiger partial charge < -0.3 is 15.5 Å². The van der Waals surface area contributed by atoms with Crippen LogP contribution in [0.4, 0.5) is 13.2 Å². The largest absolute Gasteiger partial charge is 0.416 e. The molecule has 186 valence electrons. The molecule has 1 atom stereocenters. The number of halogens is 3. The normalized spacial score (nSPS) is 15.3. The van der Waals surface area contributed by atoms with E-state index in [9.17, 15) is 27.6 Å². The minimum atomic E-state index is -4.47. The second-order valence-corrected chi connectivity index (χ2v) is 8.56. The van der Waals surface area contributed by atoms with E-state index >= 15 is 0 Å². The summed E-state index contributed by atoms with van der Waals surface area (Å²) < 4.78 is 38.4. The van der Waals surface area contributed by atoms with E-state index in [1.807, 2.05) is 13.0 Å². The molecule has 0 unspecified atom stereocenters. The van der Waals surface area contributed by atoms with Crippen LogP contribution < -0.4 is 10.6 Å². The summed E-state index contributed by atoms with van der Waals surface area (Å²) >= 11 is 0. The fourth-order valence-electron chi connectivity index (χ4n) is 4.11. The molecule has 1 saturated heterocycles. The molecule has 2 N–H and O–H groups in total. The zero-order chi connectivity index (χ0) is 25.6. The number of aryl methyl sites for hydroxylation is 1. The molecule has 3 amide bonds. The molecule has 0 aliphatic carbocycles. The lowest BCUT2D eigenvalue weighted by Crippen LogP contribution is -2.53. The van der Waals surface area contributed by atoms with Gasteiger partial charge in [0.2, 0.25) is 5.91 Å². The summed E-state index contributed by atoms with van der Waals surface area (Å²) in [7, 11) is 0. The van der Waals surface area contributed by atoms with Crippen LogP contribution in [0.1, 0.15) is 44.7 Å². The van der Waals surface area contributed by atoms with Gasteiger partial charge >= 0.3 is 6.18 Å². The van der Waals surface area contributed by atoms with Gasteiger partial charge in [-0.05, 0) is 62.1 Å². The molecule has 0 radical (unpaired) electrons. The van der Waals surface area contributed by atoms with E-state index in [2.05, 4.69) is 17.2 Å².